The molecule has 30 heavy (non-hydrogen) atoms. The van der Waals surface area contributed by atoms with Gasteiger partial charge in [-0.25, -0.2) is 9.97 Å². The largest absolute Gasteiger partial charge is 0.369 e. The van der Waals surface area contributed by atoms with Crippen molar-refractivity contribution in [1.82, 2.24) is 14.9 Å². The lowest BCUT2D eigenvalue weighted by atomic mass is 10.0. The van der Waals surface area contributed by atoms with Crippen LogP contribution >= 0.6 is 0 Å². The number of primary amides is 1. The molecule has 2 aliphatic heterocycles. The van der Waals surface area contributed by atoms with Gasteiger partial charge in [-0.1, -0.05) is 24.0 Å². The van der Waals surface area contributed by atoms with Gasteiger partial charge >= 0.3 is 0 Å². The minimum Gasteiger partial charge on any atom is -0.369 e. The Hall–Kier alpha value is -3.44. The van der Waals surface area contributed by atoms with E-state index in [1.165, 1.54) is 4.90 Å². The fourth-order valence-corrected chi connectivity index (χ4v) is 3.68. The van der Waals surface area contributed by atoms with Gasteiger partial charge < -0.3 is 20.6 Å². The van der Waals surface area contributed by atoms with Gasteiger partial charge in [0.2, 0.25) is 5.60 Å². The number of nitrogens with zero attached hydrogens (tertiary/aromatic N) is 4. The fraction of sp³-hybridized carbons (Fsp3) is 0.364. The van der Waals surface area contributed by atoms with Crippen molar-refractivity contribution in [2.75, 3.05) is 31.6 Å². The molecule has 8 nitrogen and oxygen atoms in total. The van der Waals surface area contributed by atoms with E-state index in [0.29, 0.717) is 29.3 Å². The normalized spacial score (nSPS) is 20.9. The first kappa shape index (κ1) is 19.9. The molecule has 0 bridgehead atoms. The molecular weight excluding hydrogens is 382 g/mol. The van der Waals surface area contributed by atoms with Crippen LogP contribution in [0.25, 0.3) is 11.4 Å². The molecule has 0 aliphatic carbocycles. The van der Waals surface area contributed by atoms with Crippen molar-refractivity contribution in [1.29, 1.82) is 0 Å². The average molecular weight is 405 g/mol. The molecule has 0 saturated carbocycles. The summed E-state index contributed by atoms with van der Waals surface area (Å²) in [5.41, 5.74) is 5.27. The lowest BCUT2D eigenvalue weighted by molar-refractivity contribution is -0.137. The number of aromatic nitrogens is 2. The molecule has 3 N–H and O–H groups in total. The summed E-state index contributed by atoms with van der Waals surface area (Å²) in [7, 11) is 1.64. The van der Waals surface area contributed by atoms with Crippen molar-refractivity contribution in [2.45, 2.75) is 24.9 Å². The van der Waals surface area contributed by atoms with E-state index in [-0.39, 0.29) is 18.0 Å². The zero-order valence-electron chi connectivity index (χ0n) is 16.8. The Morgan fingerprint density at radius 2 is 1.97 bits per heavy atom. The van der Waals surface area contributed by atoms with Crippen molar-refractivity contribution in [3.8, 4) is 23.2 Å². The highest BCUT2D eigenvalue weighted by Crippen LogP contribution is 2.24. The number of aliphatic hydroxyl groups is 1. The number of anilines is 1. The van der Waals surface area contributed by atoms with Gasteiger partial charge in [-0.05, 0) is 25.0 Å². The number of likely N-dealkylation sites (tertiary alicyclic amines) is 1. The molecule has 3 heterocycles. The molecular formula is C22H23N5O3. The highest BCUT2D eigenvalue weighted by Gasteiger charge is 2.42. The van der Waals surface area contributed by atoms with Crippen LogP contribution in [0.3, 0.4) is 0 Å². The van der Waals surface area contributed by atoms with Crippen LogP contribution < -0.4 is 10.6 Å². The maximum absolute atomic E-state index is 12.1. The fourth-order valence-electron chi connectivity index (χ4n) is 3.68. The second-order valence-corrected chi connectivity index (χ2v) is 7.66. The van der Waals surface area contributed by atoms with E-state index in [2.05, 4.69) is 26.7 Å². The van der Waals surface area contributed by atoms with Gasteiger partial charge in [0.1, 0.15) is 11.5 Å². The molecule has 2 fully saturated rings. The number of nitrogens with two attached hydrogens (primary N) is 1. The minimum absolute atomic E-state index is 0.160. The Morgan fingerprint density at radius 1 is 1.20 bits per heavy atom. The topological polar surface area (TPSA) is 113 Å². The highest BCUT2D eigenvalue weighted by atomic mass is 16.3. The van der Waals surface area contributed by atoms with Crippen molar-refractivity contribution in [3.05, 3.63) is 41.6 Å². The third-order valence-electron chi connectivity index (χ3n) is 5.44. The molecule has 2 aliphatic rings. The molecule has 1 atom stereocenters. The van der Waals surface area contributed by atoms with Crippen LogP contribution in [0.5, 0.6) is 0 Å². The van der Waals surface area contributed by atoms with Crippen LogP contribution in [0.2, 0.25) is 0 Å². The predicted molar refractivity (Wildman–Crippen MR) is 112 cm³/mol. The Labute approximate surface area is 174 Å². The third kappa shape index (κ3) is 3.84. The van der Waals surface area contributed by atoms with Crippen molar-refractivity contribution in [2.24, 2.45) is 5.73 Å². The summed E-state index contributed by atoms with van der Waals surface area (Å²) in [6, 6.07) is 8.79. The highest BCUT2D eigenvalue weighted by molar-refractivity contribution is 5.92. The van der Waals surface area contributed by atoms with Gasteiger partial charge in [-0.3, -0.25) is 9.59 Å². The van der Waals surface area contributed by atoms with E-state index in [4.69, 9.17) is 5.73 Å². The van der Waals surface area contributed by atoms with E-state index in [0.717, 1.165) is 25.9 Å². The number of likely N-dealkylation sites (N-methyl/N-ethyl adjacent to an activating group) is 1. The summed E-state index contributed by atoms with van der Waals surface area (Å²) < 4.78 is 0. The molecule has 1 aromatic carbocycles. The second kappa shape index (κ2) is 7.76. The maximum atomic E-state index is 12.1. The lowest BCUT2D eigenvalue weighted by Gasteiger charge is -2.17. The number of hydrogen-bond acceptors (Lipinski definition) is 6. The van der Waals surface area contributed by atoms with E-state index in [1.807, 2.05) is 6.07 Å². The van der Waals surface area contributed by atoms with Gasteiger partial charge in [0.05, 0.1) is 0 Å². The Bertz CT molecular complexity index is 1070. The van der Waals surface area contributed by atoms with E-state index in [1.54, 1.807) is 31.3 Å². The SMILES string of the molecule is CN1CC[C@@](O)(C#Cc2cccc(-c3nc(C(N)=O)cc(N4CCCC4)n3)c2)C1=O. The summed E-state index contributed by atoms with van der Waals surface area (Å²) in [5, 5.41) is 10.5. The zero-order chi connectivity index (χ0) is 21.3. The molecule has 2 saturated heterocycles. The van der Waals surface area contributed by atoms with E-state index >= 15 is 0 Å². The summed E-state index contributed by atoms with van der Waals surface area (Å²) in [6.45, 7) is 2.22. The smallest absolute Gasteiger partial charge is 0.267 e. The number of hydrogen-bond donors (Lipinski definition) is 2. The molecule has 8 heteroatoms. The number of carbonyl (C=O) groups is 2. The average Bonchev–Trinajstić information content (AvgIpc) is 3.38. The molecule has 1 aromatic heterocycles. The van der Waals surface area contributed by atoms with Gasteiger partial charge in [0.15, 0.2) is 5.82 Å². The van der Waals surface area contributed by atoms with Gasteiger partial charge in [0.25, 0.3) is 11.8 Å². The maximum Gasteiger partial charge on any atom is 0.267 e. The molecule has 4 rings (SSSR count). The summed E-state index contributed by atoms with van der Waals surface area (Å²) >= 11 is 0. The first-order valence-corrected chi connectivity index (χ1v) is 9.91. The number of amides is 2. The second-order valence-electron chi connectivity index (χ2n) is 7.66. The third-order valence-corrected chi connectivity index (χ3v) is 5.44. The molecule has 2 amide bonds. The first-order valence-electron chi connectivity index (χ1n) is 9.91. The number of rotatable bonds is 3. The molecule has 154 valence electrons. The number of carbonyl (C=O) groups excluding carboxylic acids is 2. The Morgan fingerprint density at radius 3 is 2.63 bits per heavy atom. The lowest BCUT2D eigenvalue weighted by Crippen LogP contribution is -2.37. The van der Waals surface area contributed by atoms with Crippen LogP contribution in [0.4, 0.5) is 5.82 Å². The van der Waals surface area contributed by atoms with Crippen molar-refractivity contribution >= 4 is 17.6 Å². The first-order chi connectivity index (χ1) is 14.4. The van der Waals surface area contributed by atoms with Crippen molar-refractivity contribution in [3.63, 3.8) is 0 Å². The molecule has 2 aromatic rings. The molecule has 0 unspecified atom stereocenters. The van der Waals surface area contributed by atoms with E-state index in [9.17, 15) is 14.7 Å². The van der Waals surface area contributed by atoms with E-state index < -0.39 is 11.5 Å². The van der Waals surface area contributed by atoms with Gasteiger partial charge in [-0.15, -0.1) is 0 Å². The number of benzene rings is 1. The van der Waals surface area contributed by atoms with Gasteiger partial charge in [-0.2, -0.15) is 0 Å². The van der Waals surface area contributed by atoms with Crippen LogP contribution in [-0.4, -0.2) is 64.1 Å². The monoisotopic (exact) mass is 405 g/mol. The minimum atomic E-state index is -1.66. The standard InChI is InChI=1S/C22H23N5O3/c1-26-12-9-22(30,21(26)29)8-7-15-5-4-6-16(13-15)20-24-17(19(23)28)14-18(25-20)27-10-2-3-11-27/h4-6,13-14,30H,2-3,9-12H2,1H3,(H2,23,28)/t22-/m0/s1. The Balaban J connectivity index is 1.68. The van der Waals surface area contributed by atoms with Crippen LogP contribution in [0.1, 0.15) is 35.3 Å². The van der Waals surface area contributed by atoms with Crippen molar-refractivity contribution < 1.29 is 14.7 Å². The summed E-state index contributed by atoms with van der Waals surface area (Å²) in [4.78, 5) is 36.4. The summed E-state index contributed by atoms with van der Waals surface area (Å²) in [6.07, 6.45) is 2.43. The Kier molecular flexibility index (Phi) is 5.14. The molecule has 0 radical (unpaired) electrons. The van der Waals surface area contributed by atoms with Crippen LogP contribution in [0, 0.1) is 11.8 Å². The quantitative estimate of drug-likeness (QED) is 0.730. The van der Waals surface area contributed by atoms with Crippen LogP contribution in [-0.2, 0) is 4.79 Å². The summed E-state index contributed by atoms with van der Waals surface area (Å²) in [5.74, 6) is 5.66. The predicted octanol–water partition coefficient (Wildman–Crippen LogP) is 0.787. The zero-order valence-corrected chi connectivity index (χ0v) is 16.8. The molecule has 0 spiro atoms. The van der Waals surface area contributed by atoms with Gasteiger partial charge in [0, 0.05) is 50.3 Å². The van der Waals surface area contributed by atoms with Crippen LogP contribution in [0.15, 0.2) is 30.3 Å².